The van der Waals surface area contributed by atoms with Gasteiger partial charge < -0.3 is 15.0 Å². The van der Waals surface area contributed by atoms with Crippen LogP contribution in [0.4, 0.5) is 0 Å². The van der Waals surface area contributed by atoms with Crippen molar-refractivity contribution in [1.82, 2.24) is 10.1 Å². The third kappa shape index (κ3) is 2.65. The van der Waals surface area contributed by atoms with Gasteiger partial charge in [-0.2, -0.15) is 0 Å². The molecule has 94 valence electrons. The molecule has 0 saturated carbocycles. The Morgan fingerprint density at radius 1 is 1.59 bits per heavy atom. The van der Waals surface area contributed by atoms with Gasteiger partial charge in [-0.1, -0.05) is 5.16 Å². The van der Waals surface area contributed by atoms with Crippen molar-refractivity contribution >= 4 is 5.91 Å². The number of carbonyl (C=O) groups excluding carboxylic acids is 1. The molecule has 0 bridgehead atoms. The average molecular weight is 239 g/mol. The van der Waals surface area contributed by atoms with Crippen LogP contribution in [0, 0.1) is 13.8 Å². The second-order valence-electron chi connectivity index (χ2n) is 4.30. The molecule has 2 rings (SSSR count). The van der Waals surface area contributed by atoms with Gasteiger partial charge in [0.1, 0.15) is 11.9 Å². The molecule has 2 N–H and O–H groups in total. The maximum atomic E-state index is 11.1. The highest BCUT2D eigenvalue weighted by atomic mass is 16.5. The number of aromatic nitrogens is 1. The average Bonchev–Trinajstić information content (AvgIpc) is 2.61. The molecule has 6 heteroatoms. The Bertz CT molecular complexity index is 397. The summed E-state index contributed by atoms with van der Waals surface area (Å²) < 4.78 is 10.4. The lowest BCUT2D eigenvalue weighted by Crippen LogP contribution is -2.48. The molecule has 1 unspecified atom stereocenters. The van der Waals surface area contributed by atoms with Crippen molar-refractivity contribution in [3.63, 3.8) is 0 Å². The molecule has 1 fully saturated rings. The summed E-state index contributed by atoms with van der Waals surface area (Å²) in [6.45, 7) is 6.36. The van der Waals surface area contributed by atoms with E-state index in [9.17, 15) is 4.79 Å². The van der Waals surface area contributed by atoms with Crippen molar-refractivity contribution in [2.24, 2.45) is 5.73 Å². The number of hydrogen-bond acceptors (Lipinski definition) is 5. The summed E-state index contributed by atoms with van der Waals surface area (Å²) in [5, 5.41) is 3.91. The van der Waals surface area contributed by atoms with Crippen molar-refractivity contribution < 1.29 is 14.1 Å². The van der Waals surface area contributed by atoms with E-state index >= 15 is 0 Å². The van der Waals surface area contributed by atoms with E-state index in [0.717, 1.165) is 23.6 Å². The summed E-state index contributed by atoms with van der Waals surface area (Å²) in [5.41, 5.74) is 7.21. The minimum atomic E-state index is -0.510. The van der Waals surface area contributed by atoms with Crippen molar-refractivity contribution in [3.8, 4) is 0 Å². The second-order valence-corrected chi connectivity index (χ2v) is 4.30. The number of hydrogen-bond donors (Lipinski definition) is 1. The first-order chi connectivity index (χ1) is 8.08. The molecule has 1 aromatic rings. The third-order valence-corrected chi connectivity index (χ3v) is 3.03. The van der Waals surface area contributed by atoms with Crippen LogP contribution in [0.2, 0.25) is 0 Å². The molecule has 6 nitrogen and oxygen atoms in total. The molecule has 0 aromatic carbocycles. The number of ether oxygens (including phenoxy) is 1. The van der Waals surface area contributed by atoms with Gasteiger partial charge in [0.05, 0.1) is 12.3 Å². The number of morpholine rings is 1. The minimum Gasteiger partial charge on any atom is -0.367 e. The van der Waals surface area contributed by atoms with Crippen molar-refractivity contribution in [3.05, 3.63) is 17.0 Å². The van der Waals surface area contributed by atoms with E-state index in [2.05, 4.69) is 10.1 Å². The Labute approximate surface area is 99.7 Å². The molecule has 1 atom stereocenters. The first kappa shape index (κ1) is 12.1. The van der Waals surface area contributed by atoms with E-state index in [1.54, 1.807) is 0 Å². The van der Waals surface area contributed by atoms with Crippen LogP contribution in [-0.4, -0.2) is 41.8 Å². The zero-order valence-corrected chi connectivity index (χ0v) is 10.1. The van der Waals surface area contributed by atoms with Crippen LogP contribution < -0.4 is 5.73 Å². The van der Waals surface area contributed by atoms with E-state index in [1.165, 1.54) is 0 Å². The second kappa shape index (κ2) is 4.85. The zero-order valence-electron chi connectivity index (χ0n) is 10.1. The van der Waals surface area contributed by atoms with Gasteiger partial charge in [-0.05, 0) is 13.8 Å². The Morgan fingerprint density at radius 2 is 2.35 bits per heavy atom. The number of rotatable bonds is 3. The predicted molar refractivity (Wildman–Crippen MR) is 60.2 cm³/mol. The maximum Gasteiger partial charge on any atom is 0.247 e. The van der Waals surface area contributed by atoms with Crippen LogP contribution in [0.3, 0.4) is 0 Å². The molecule has 1 amide bonds. The lowest BCUT2D eigenvalue weighted by atomic mass is 10.1. The smallest absolute Gasteiger partial charge is 0.247 e. The highest BCUT2D eigenvalue weighted by molar-refractivity contribution is 5.79. The fourth-order valence-electron chi connectivity index (χ4n) is 1.97. The molecule has 0 aliphatic carbocycles. The van der Waals surface area contributed by atoms with Gasteiger partial charge in [-0.3, -0.25) is 9.69 Å². The summed E-state index contributed by atoms with van der Waals surface area (Å²) in [5.74, 6) is 0.415. The van der Waals surface area contributed by atoms with Gasteiger partial charge >= 0.3 is 0 Å². The van der Waals surface area contributed by atoms with Crippen molar-refractivity contribution in [2.75, 3.05) is 19.7 Å². The third-order valence-electron chi connectivity index (χ3n) is 3.03. The Kier molecular flexibility index (Phi) is 3.44. The Hall–Kier alpha value is -1.40. The molecule has 1 aromatic heterocycles. The fraction of sp³-hybridized carbons (Fsp3) is 0.636. The summed E-state index contributed by atoms with van der Waals surface area (Å²) in [4.78, 5) is 13.2. The number of nitrogens with zero attached hydrogens (tertiary/aromatic N) is 2. The van der Waals surface area contributed by atoms with Crippen molar-refractivity contribution in [1.29, 1.82) is 0 Å². The van der Waals surface area contributed by atoms with Crippen LogP contribution in [0.1, 0.15) is 17.0 Å². The Morgan fingerprint density at radius 3 is 2.94 bits per heavy atom. The number of primary amides is 1. The summed E-state index contributed by atoms with van der Waals surface area (Å²) in [6, 6.07) is 0. The van der Waals surface area contributed by atoms with Crippen molar-refractivity contribution in [2.45, 2.75) is 26.5 Å². The van der Waals surface area contributed by atoms with Gasteiger partial charge in [0.2, 0.25) is 5.91 Å². The monoisotopic (exact) mass is 239 g/mol. The molecule has 1 aliphatic heterocycles. The minimum absolute atomic E-state index is 0.409. The zero-order chi connectivity index (χ0) is 12.4. The quantitative estimate of drug-likeness (QED) is 0.801. The van der Waals surface area contributed by atoms with E-state index < -0.39 is 12.0 Å². The van der Waals surface area contributed by atoms with Gasteiger partial charge in [-0.15, -0.1) is 0 Å². The summed E-state index contributed by atoms with van der Waals surface area (Å²) >= 11 is 0. The molecule has 1 aliphatic rings. The highest BCUT2D eigenvalue weighted by Gasteiger charge is 2.25. The molecular formula is C11H17N3O3. The topological polar surface area (TPSA) is 81.6 Å². The van der Waals surface area contributed by atoms with Gasteiger partial charge in [0.25, 0.3) is 0 Å². The summed E-state index contributed by atoms with van der Waals surface area (Å²) in [6.07, 6.45) is -0.510. The SMILES string of the molecule is Cc1noc(C)c1CN1CCOC(C(N)=O)C1. The van der Waals surface area contributed by atoms with E-state index in [1.807, 2.05) is 13.8 Å². The lowest BCUT2D eigenvalue weighted by molar-refractivity contribution is -0.135. The predicted octanol–water partition coefficient (Wildman–Crippen LogP) is -0.0225. The van der Waals surface area contributed by atoms with Crippen LogP contribution in [0.5, 0.6) is 0 Å². The van der Waals surface area contributed by atoms with Gasteiger partial charge in [0, 0.05) is 25.2 Å². The number of aryl methyl sites for hydroxylation is 2. The van der Waals surface area contributed by atoms with Gasteiger partial charge in [-0.25, -0.2) is 0 Å². The first-order valence-electron chi connectivity index (χ1n) is 5.63. The van der Waals surface area contributed by atoms with Gasteiger partial charge in [0.15, 0.2) is 0 Å². The van der Waals surface area contributed by atoms with Crippen LogP contribution in [0.15, 0.2) is 4.52 Å². The molecule has 0 spiro atoms. The normalized spacial score (nSPS) is 21.6. The Balaban J connectivity index is 2.02. The molecule has 1 saturated heterocycles. The van der Waals surface area contributed by atoms with Crippen LogP contribution in [0.25, 0.3) is 0 Å². The number of nitrogens with two attached hydrogens (primary N) is 1. The number of carbonyl (C=O) groups is 1. The van der Waals surface area contributed by atoms with Crippen LogP contribution >= 0.6 is 0 Å². The van der Waals surface area contributed by atoms with E-state index in [0.29, 0.717) is 19.7 Å². The first-order valence-corrected chi connectivity index (χ1v) is 5.63. The molecule has 0 radical (unpaired) electrons. The molecular weight excluding hydrogens is 222 g/mol. The van der Waals surface area contributed by atoms with Crippen LogP contribution in [-0.2, 0) is 16.1 Å². The standard InChI is InChI=1S/C11H17N3O3/c1-7-9(8(2)17-13-7)5-14-3-4-16-10(6-14)11(12)15/h10H,3-6H2,1-2H3,(H2,12,15). The largest absolute Gasteiger partial charge is 0.367 e. The lowest BCUT2D eigenvalue weighted by Gasteiger charge is -2.31. The molecule has 2 heterocycles. The number of amides is 1. The summed E-state index contributed by atoms with van der Waals surface area (Å²) in [7, 11) is 0. The molecule has 17 heavy (non-hydrogen) atoms. The maximum absolute atomic E-state index is 11.1. The fourth-order valence-corrected chi connectivity index (χ4v) is 1.97. The van der Waals surface area contributed by atoms with E-state index in [4.69, 9.17) is 15.0 Å². The highest BCUT2D eigenvalue weighted by Crippen LogP contribution is 2.16. The van der Waals surface area contributed by atoms with E-state index in [-0.39, 0.29) is 0 Å².